The highest BCUT2D eigenvalue weighted by Gasteiger charge is 2.36. The SMILES string of the molecule is CCNC(=NCc1ncc(-c2ccccc2)o1)N1CC(C)C(C(=O)OC)C1.I. The quantitative estimate of drug-likeness (QED) is 0.295. The number of nitrogens with one attached hydrogen (secondary N) is 1. The number of methoxy groups -OCH3 is 1. The van der Waals surface area contributed by atoms with Crippen LogP contribution in [0.15, 0.2) is 45.9 Å². The fourth-order valence-electron chi connectivity index (χ4n) is 3.29. The second-order valence-corrected chi connectivity index (χ2v) is 6.67. The lowest BCUT2D eigenvalue weighted by atomic mass is 9.99. The Hall–Kier alpha value is -2.10. The number of benzene rings is 1. The van der Waals surface area contributed by atoms with Crippen molar-refractivity contribution in [3.05, 3.63) is 42.4 Å². The molecule has 0 spiro atoms. The monoisotopic (exact) mass is 498 g/mol. The molecule has 1 aromatic carbocycles. The number of aliphatic imine (C=N–C) groups is 1. The molecule has 152 valence electrons. The van der Waals surface area contributed by atoms with Gasteiger partial charge in [-0.1, -0.05) is 37.3 Å². The number of halogens is 1. The lowest BCUT2D eigenvalue weighted by Crippen LogP contribution is -2.40. The van der Waals surface area contributed by atoms with Gasteiger partial charge in [-0.05, 0) is 12.8 Å². The maximum atomic E-state index is 11.9. The lowest BCUT2D eigenvalue weighted by molar-refractivity contribution is -0.145. The van der Waals surface area contributed by atoms with Crippen LogP contribution in [0, 0.1) is 11.8 Å². The number of carbonyl (C=O) groups is 1. The first-order valence-corrected chi connectivity index (χ1v) is 9.23. The summed E-state index contributed by atoms with van der Waals surface area (Å²) in [6.45, 7) is 6.51. The van der Waals surface area contributed by atoms with E-state index in [1.54, 1.807) is 6.20 Å². The van der Waals surface area contributed by atoms with Gasteiger partial charge in [0.25, 0.3) is 0 Å². The number of carbonyl (C=O) groups excluding carboxylic acids is 1. The van der Waals surface area contributed by atoms with Crippen LogP contribution >= 0.6 is 24.0 Å². The first-order chi connectivity index (χ1) is 13.1. The average Bonchev–Trinajstić information content (AvgIpc) is 3.32. The fourth-order valence-corrected chi connectivity index (χ4v) is 3.29. The van der Waals surface area contributed by atoms with Crippen molar-refractivity contribution in [3.63, 3.8) is 0 Å². The Bertz CT molecular complexity index is 794. The van der Waals surface area contributed by atoms with E-state index in [9.17, 15) is 4.79 Å². The largest absolute Gasteiger partial charge is 0.469 e. The van der Waals surface area contributed by atoms with E-state index in [2.05, 4.69) is 27.1 Å². The fraction of sp³-hybridized carbons (Fsp3) is 0.450. The molecule has 1 saturated heterocycles. The molecule has 0 amide bonds. The molecule has 2 aromatic rings. The van der Waals surface area contributed by atoms with Crippen molar-refractivity contribution in [1.82, 2.24) is 15.2 Å². The van der Waals surface area contributed by atoms with Crippen LogP contribution in [0.1, 0.15) is 19.7 Å². The molecule has 2 heterocycles. The van der Waals surface area contributed by atoms with Crippen LogP contribution in [-0.2, 0) is 16.1 Å². The molecule has 0 aliphatic carbocycles. The van der Waals surface area contributed by atoms with Gasteiger partial charge >= 0.3 is 5.97 Å². The Labute approximate surface area is 182 Å². The van der Waals surface area contributed by atoms with Crippen molar-refractivity contribution >= 4 is 35.9 Å². The van der Waals surface area contributed by atoms with E-state index in [4.69, 9.17) is 9.15 Å². The first-order valence-electron chi connectivity index (χ1n) is 9.23. The lowest BCUT2D eigenvalue weighted by Gasteiger charge is -2.21. The second-order valence-electron chi connectivity index (χ2n) is 6.67. The van der Waals surface area contributed by atoms with Gasteiger partial charge in [0, 0.05) is 25.2 Å². The highest BCUT2D eigenvalue weighted by molar-refractivity contribution is 14.0. The van der Waals surface area contributed by atoms with E-state index in [1.807, 2.05) is 37.3 Å². The Morgan fingerprint density at radius 1 is 1.36 bits per heavy atom. The summed E-state index contributed by atoms with van der Waals surface area (Å²) in [6.07, 6.45) is 1.72. The van der Waals surface area contributed by atoms with E-state index < -0.39 is 0 Å². The summed E-state index contributed by atoms with van der Waals surface area (Å²) in [7, 11) is 1.43. The molecular weight excluding hydrogens is 471 g/mol. The van der Waals surface area contributed by atoms with Gasteiger partial charge in [0.15, 0.2) is 11.7 Å². The third-order valence-corrected chi connectivity index (χ3v) is 4.73. The summed E-state index contributed by atoms with van der Waals surface area (Å²) in [5, 5.41) is 3.29. The van der Waals surface area contributed by atoms with Gasteiger partial charge in [-0.15, -0.1) is 24.0 Å². The summed E-state index contributed by atoms with van der Waals surface area (Å²) < 4.78 is 10.7. The maximum Gasteiger partial charge on any atom is 0.310 e. The summed E-state index contributed by atoms with van der Waals surface area (Å²) in [5.74, 6) is 1.96. The minimum Gasteiger partial charge on any atom is -0.469 e. The van der Waals surface area contributed by atoms with Gasteiger partial charge in [0.2, 0.25) is 5.89 Å². The number of aromatic nitrogens is 1. The number of likely N-dealkylation sites (tertiary alicyclic amines) is 1. The molecule has 1 aliphatic heterocycles. The number of hydrogen-bond donors (Lipinski definition) is 1. The Kier molecular flexibility index (Phi) is 8.28. The van der Waals surface area contributed by atoms with Crippen molar-refractivity contribution in [1.29, 1.82) is 0 Å². The Morgan fingerprint density at radius 2 is 2.11 bits per heavy atom. The zero-order valence-corrected chi connectivity index (χ0v) is 18.8. The minimum atomic E-state index is -0.166. The van der Waals surface area contributed by atoms with Gasteiger partial charge < -0.3 is 19.4 Å². The van der Waals surface area contributed by atoms with Crippen molar-refractivity contribution in [2.75, 3.05) is 26.7 Å². The number of guanidine groups is 1. The molecule has 1 fully saturated rings. The van der Waals surface area contributed by atoms with E-state index >= 15 is 0 Å². The third kappa shape index (κ3) is 5.24. The standard InChI is InChI=1S/C20H26N4O3.HI/c1-4-21-20(24-12-14(2)16(13-24)19(25)26-3)23-11-18-22-10-17(27-18)15-8-6-5-7-9-15;/h5-10,14,16H,4,11-13H2,1-3H3,(H,21,23);1H. The summed E-state index contributed by atoms with van der Waals surface area (Å²) >= 11 is 0. The highest BCUT2D eigenvalue weighted by atomic mass is 127. The van der Waals surface area contributed by atoms with Crippen molar-refractivity contribution < 1.29 is 13.9 Å². The minimum absolute atomic E-state index is 0. The zero-order chi connectivity index (χ0) is 19.2. The van der Waals surface area contributed by atoms with Crippen LogP contribution in [0.4, 0.5) is 0 Å². The Balaban J connectivity index is 0.00000280. The predicted octanol–water partition coefficient (Wildman–Crippen LogP) is 3.17. The van der Waals surface area contributed by atoms with Crippen LogP contribution < -0.4 is 5.32 Å². The Morgan fingerprint density at radius 3 is 2.79 bits per heavy atom. The molecule has 0 bridgehead atoms. The summed E-state index contributed by atoms with van der Waals surface area (Å²) in [4.78, 5) is 23.0. The van der Waals surface area contributed by atoms with Crippen molar-refractivity contribution in [3.8, 4) is 11.3 Å². The number of hydrogen-bond acceptors (Lipinski definition) is 5. The van der Waals surface area contributed by atoms with Gasteiger partial charge in [-0.2, -0.15) is 0 Å². The molecule has 1 N–H and O–H groups in total. The van der Waals surface area contributed by atoms with Gasteiger partial charge in [0.1, 0.15) is 6.54 Å². The molecule has 2 atom stereocenters. The normalized spacial score (nSPS) is 19.2. The molecule has 1 aliphatic rings. The van der Waals surface area contributed by atoms with Crippen molar-refractivity contribution in [2.24, 2.45) is 16.8 Å². The molecular formula is C20H27IN4O3. The molecule has 2 unspecified atom stereocenters. The van der Waals surface area contributed by atoms with E-state index in [-0.39, 0.29) is 41.8 Å². The van der Waals surface area contributed by atoms with Crippen LogP contribution in [0.3, 0.4) is 0 Å². The highest BCUT2D eigenvalue weighted by Crippen LogP contribution is 2.24. The van der Waals surface area contributed by atoms with E-state index in [0.717, 1.165) is 30.4 Å². The molecule has 0 radical (unpaired) electrons. The summed E-state index contributed by atoms with van der Waals surface area (Å²) in [5.41, 5.74) is 0.987. The number of rotatable bonds is 5. The molecule has 7 nitrogen and oxygen atoms in total. The van der Waals surface area contributed by atoms with Gasteiger partial charge in [-0.25, -0.2) is 9.98 Å². The van der Waals surface area contributed by atoms with Gasteiger partial charge in [-0.3, -0.25) is 4.79 Å². The smallest absolute Gasteiger partial charge is 0.310 e. The second kappa shape index (κ2) is 10.4. The van der Waals surface area contributed by atoms with E-state index in [1.165, 1.54) is 7.11 Å². The van der Waals surface area contributed by atoms with Crippen molar-refractivity contribution in [2.45, 2.75) is 20.4 Å². The number of oxazole rings is 1. The van der Waals surface area contributed by atoms with Crippen LogP contribution in [0.5, 0.6) is 0 Å². The molecule has 8 heteroatoms. The van der Waals surface area contributed by atoms with Crippen LogP contribution in [0.2, 0.25) is 0 Å². The van der Waals surface area contributed by atoms with Gasteiger partial charge in [0.05, 0.1) is 19.2 Å². The molecule has 1 aromatic heterocycles. The van der Waals surface area contributed by atoms with Crippen LogP contribution in [0.25, 0.3) is 11.3 Å². The maximum absolute atomic E-state index is 11.9. The van der Waals surface area contributed by atoms with E-state index in [0.29, 0.717) is 19.0 Å². The predicted molar refractivity (Wildman–Crippen MR) is 118 cm³/mol. The molecule has 0 saturated carbocycles. The number of nitrogens with zero attached hydrogens (tertiary/aromatic N) is 3. The molecule has 28 heavy (non-hydrogen) atoms. The summed E-state index contributed by atoms with van der Waals surface area (Å²) in [6, 6.07) is 9.86. The number of ether oxygens (including phenoxy) is 1. The average molecular weight is 498 g/mol. The number of esters is 1. The zero-order valence-electron chi connectivity index (χ0n) is 16.4. The molecule has 3 rings (SSSR count). The first kappa shape index (κ1) is 22.2. The topological polar surface area (TPSA) is 80.0 Å². The third-order valence-electron chi connectivity index (χ3n) is 4.73. The van der Waals surface area contributed by atoms with Crippen LogP contribution in [-0.4, -0.2) is 48.6 Å².